The average molecular weight is 176 g/mol. The molecule has 0 spiro atoms. The van der Waals surface area contributed by atoms with Gasteiger partial charge in [-0.1, -0.05) is 30.7 Å². The number of halogens is 1. The van der Waals surface area contributed by atoms with Crippen LogP contribution in [0.25, 0.3) is 0 Å². The first-order chi connectivity index (χ1) is 6.29. The fourth-order valence-corrected chi connectivity index (χ4v) is 1.79. The van der Waals surface area contributed by atoms with Gasteiger partial charge in [0.15, 0.2) is 0 Å². The quantitative estimate of drug-likeness (QED) is 0.571. The lowest BCUT2D eigenvalue weighted by Gasteiger charge is -2.20. The lowest BCUT2D eigenvalue weighted by molar-refractivity contribution is 0.629. The van der Waals surface area contributed by atoms with Crippen LogP contribution >= 0.6 is 0 Å². The van der Waals surface area contributed by atoms with Crippen LogP contribution in [0.3, 0.4) is 0 Å². The van der Waals surface area contributed by atoms with Crippen molar-refractivity contribution in [3.05, 3.63) is 47.4 Å². The third-order valence-corrected chi connectivity index (χ3v) is 2.61. The Labute approximate surface area is 78.1 Å². The van der Waals surface area contributed by atoms with Gasteiger partial charge in [0.2, 0.25) is 0 Å². The molecule has 0 heterocycles. The number of rotatable bonds is 1. The van der Waals surface area contributed by atoms with Gasteiger partial charge in [-0.3, -0.25) is 0 Å². The van der Waals surface area contributed by atoms with Gasteiger partial charge < -0.3 is 0 Å². The first-order valence-corrected chi connectivity index (χ1v) is 4.75. The van der Waals surface area contributed by atoms with Gasteiger partial charge in [-0.25, -0.2) is 4.39 Å². The van der Waals surface area contributed by atoms with Gasteiger partial charge in [0.1, 0.15) is 5.83 Å². The second-order valence-electron chi connectivity index (χ2n) is 3.50. The van der Waals surface area contributed by atoms with Crippen LogP contribution in [0.15, 0.2) is 47.4 Å². The Bertz CT molecular complexity index is 329. The van der Waals surface area contributed by atoms with E-state index in [9.17, 15) is 4.39 Å². The second-order valence-corrected chi connectivity index (χ2v) is 3.50. The molecule has 0 N–H and O–H groups in total. The maximum Gasteiger partial charge on any atom is 0.119 e. The van der Waals surface area contributed by atoms with E-state index in [4.69, 9.17) is 0 Å². The van der Waals surface area contributed by atoms with Crippen LogP contribution in [-0.4, -0.2) is 0 Å². The van der Waals surface area contributed by atoms with E-state index in [-0.39, 0.29) is 5.83 Å². The minimum atomic E-state index is -0.0933. The van der Waals surface area contributed by atoms with Crippen molar-refractivity contribution in [1.29, 1.82) is 0 Å². The summed E-state index contributed by atoms with van der Waals surface area (Å²) < 4.78 is 12.9. The molecular formula is C12H13F. The first-order valence-electron chi connectivity index (χ1n) is 4.75. The molecule has 0 saturated carbocycles. The van der Waals surface area contributed by atoms with E-state index in [0.29, 0.717) is 5.92 Å². The molecule has 1 heteroatoms. The van der Waals surface area contributed by atoms with Gasteiger partial charge in [-0.05, 0) is 30.6 Å². The maximum atomic E-state index is 12.9. The highest BCUT2D eigenvalue weighted by atomic mass is 19.1. The van der Waals surface area contributed by atoms with Crippen molar-refractivity contribution >= 4 is 0 Å². The summed E-state index contributed by atoms with van der Waals surface area (Å²) in [6.45, 7) is 2.14. The largest absolute Gasteiger partial charge is 0.207 e. The van der Waals surface area contributed by atoms with E-state index in [1.807, 2.05) is 6.08 Å². The summed E-state index contributed by atoms with van der Waals surface area (Å²) in [6.07, 6.45) is 11.5. The zero-order chi connectivity index (χ0) is 9.26. The summed E-state index contributed by atoms with van der Waals surface area (Å²) in [5.74, 6) is 0.323. The molecule has 2 aliphatic rings. The van der Waals surface area contributed by atoms with Gasteiger partial charge >= 0.3 is 0 Å². The Hall–Kier alpha value is -1.11. The molecule has 68 valence electrons. The lowest BCUT2D eigenvalue weighted by Crippen LogP contribution is -2.06. The minimum absolute atomic E-state index is 0.0933. The Morgan fingerprint density at radius 1 is 1.46 bits per heavy atom. The van der Waals surface area contributed by atoms with Crippen molar-refractivity contribution in [3.63, 3.8) is 0 Å². The maximum absolute atomic E-state index is 12.9. The zero-order valence-electron chi connectivity index (χ0n) is 7.76. The minimum Gasteiger partial charge on any atom is -0.207 e. The molecule has 0 fully saturated rings. The number of hydrogen-bond acceptors (Lipinski definition) is 0. The number of fused-ring (bicyclic) bond motifs is 1. The molecule has 0 aromatic carbocycles. The highest BCUT2D eigenvalue weighted by molar-refractivity contribution is 5.43. The van der Waals surface area contributed by atoms with Crippen molar-refractivity contribution < 1.29 is 4.39 Å². The van der Waals surface area contributed by atoms with Crippen molar-refractivity contribution in [3.8, 4) is 0 Å². The SMILES string of the molecule is CCC1=CC2CC=C(F)C=C2C=C1. The number of hydrogen-bond donors (Lipinski definition) is 0. The van der Waals surface area contributed by atoms with E-state index in [0.717, 1.165) is 18.4 Å². The Balaban J connectivity index is 2.26. The van der Waals surface area contributed by atoms with Crippen molar-refractivity contribution in [2.75, 3.05) is 0 Å². The Kier molecular flexibility index (Phi) is 2.17. The van der Waals surface area contributed by atoms with Crippen LogP contribution in [0.2, 0.25) is 0 Å². The van der Waals surface area contributed by atoms with Crippen molar-refractivity contribution in [2.24, 2.45) is 5.92 Å². The summed E-state index contributed by atoms with van der Waals surface area (Å²) in [6, 6.07) is 0. The molecule has 0 nitrogen and oxygen atoms in total. The molecule has 0 saturated heterocycles. The van der Waals surface area contributed by atoms with E-state index >= 15 is 0 Å². The summed E-state index contributed by atoms with van der Waals surface area (Å²) in [5.41, 5.74) is 2.47. The molecular weight excluding hydrogens is 163 g/mol. The summed E-state index contributed by atoms with van der Waals surface area (Å²) in [4.78, 5) is 0. The molecule has 0 radical (unpaired) electrons. The second kappa shape index (κ2) is 3.33. The van der Waals surface area contributed by atoms with Gasteiger partial charge in [-0.2, -0.15) is 0 Å². The van der Waals surface area contributed by atoms with E-state index in [1.54, 1.807) is 12.2 Å². The molecule has 0 aromatic rings. The van der Waals surface area contributed by atoms with E-state index < -0.39 is 0 Å². The van der Waals surface area contributed by atoms with Crippen LogP contribution in [0.5, 0.6) is 0 Å². The van der Waals surface area contributed by atoms with E-state index in [1.165, 1.54) is 5.57 Å². The van der Waals surface area contributed by atoms with Gasteiger partial charge in [0.05, 0.1) is 0 Å². The van der Waals surface area contributed by atoms with Crippen LogP contribution in [0.1, 0.15) is 19.8 Å². The molecule has 2 rings (SSSR count). The third-order valence-electron chi connectivity index (χ3n) is 2.61. The summed E-state index contributed by atoms with van der Waals surface area (Å²) >= 11 is 0. The monoisotopic (exact) mass is 176 g/mol. The molecule has 2 aliphatic carbocycles. The molecule has 0 amide bonds. The number of allylic oxidation sites excluding steroid dienone is 8. The molecule has 0 aromatic heterocycles. The van der Waals surface area contributed by atoms with Crippen LogP contribution in [0, 0.1) is 5.92 Å². The highest BCUT2D eigenvalue weighted by Gasteiger charge is 2.16. The highest BCUT2D eigenvalue weighted by Crippen LogP contribution is 2.31. The predicted octanol–water partition coefficient (Wildman–Crippen LogP) is 3.69. The smallest absolute Gasteiger partial charge is 0.119 e. The predicted molar refractivity (Wildman–Crippen MR) is 52.9 cm³/mol. The lowest BCUT2D eigenvalue weighted by atomic mass is 9.85. The molecule has 0 aliphatic heterocycles. The average Bonchev–Trinajstić information content (AvgIpc) is 2.17. The zero-order valence-corrected chi connectivity index (χ0v) is 7.76. The first kappa shape index (κ1) is 8.49. The van der Waals surface area contributed by atoms with Gasteiger partial charge in [-0.15, -0.1) is 0 Å². The molecule has 1 unspecified atom stereocenters. The molecule has 1 atom stereocenters. The van der Waals surface area contributed by atoms with Crippen molar-refractivity contribution in [2.45, 2.75) is 19.8 Å². The van der Waals surface area contributed by atoms with Gasteiger partial charge in [0.25, 0.3) is 0 Å². The third kappa shape index (κ3) is 1.64. The Morgan fingerprint density at radius 2 is 2.31 bits per heavy atom. The summed E-state index contributed by atoms with van der Waals surface area (Å²) in [7, 11) is 0. The normalized spacial score (nSPS) is 26.0. The topological polar surface area (TPSA) is 0 Å². The standard InChI is InChI=1S/C12H13F/c1-2-9-3-4-11-8-12(13)6-5-10(11)7-9/h3-4,6-8,10H,2,5H2,1H3. The van der Waals surface area contributed by atoms with Crippen LogP contribution < -0.4 is 0 Å². The molecule has 0 bridgehead atoms. The van der Waals surface area contributed by atoms with Crippen LogP contribution in [0.4, 0.5) is 4.39 Å². The summed E-state index contributed by atoms with van der Waals surface area (Å²) in [5, 5.41) is 0. The molecule has 13 heavy (non-hydrogen) atoms. The van der Waals surface area contributed by atoms with Crippen LogP contribution in [-0.2, 0) is 0 Å². The van der Waals surface area contributed by atoms with Gasteiger partial charge in [0, 0.05) is 5.92 Å². The van der Waals surface area contributed by atoms with Crippen molar-refractivity contribution in [1.82, 2.24) is 0 Å². The fourth-order valence-electron chi connectivity index (χ4n) is 1.79. The Morgan fingerprint density at radius 3 is 3.08 bits per heavy atom. The fraction of sp³-hybridized carbons (Fsp3) is 0.333. The van der Waals surface area contributed by atoms with E-state index in [2.05, 4.69) is 19.1 Å².